The van der Waals surface area contributed by atoms with Gasteiger partial charge in [0.15, 0.2) is 0 Å². The van der Waals surface area contributed by atoms with Crippen LogP contribution < -0.4 is 4.74 Å². The van der Waals surface area contributed by atoms with Gasteiger partial charge in [0, 0.05) is 10.0 Å². The molecule has 2 aromatic rings. The van der Waals surface area contributed by atoms with E-state index >= 15 is 0 Å². The normalized spacial score (nSPS) is 10.4. The summed E-state index contributed by atoms with van der Waals surface area (Å²) in [7, 11) is 0. The van der Waals surface area contributed by atoms with Crippen molar-refractivity contribution in [2.45, 2.75) is 13.5 Å². The average molecular weight is 374 g/mol. The van der Waals surface area contributed by atoms with Crippen LogP contribution in [0.15, 0.2) is 45.3 Å². The zero-order chi connectivity index (χ0) is 13.1. The second kappa shape index (κ2) is 5.85. The molecule has 0 aliphatic carbocycles. The van der Waals surface area contributed by atoms with Crippen molar-refractivity contribution in [3.63, 3.8) is 0 Å². The van der Waals surface area contributed by atoms with Crippen LogP contribution in [0.4, 0.5) is 4.39 Å². The first-order chi connectivity index (χ1) is 8.56. The number of aryl methyl sites for hydroxylation is 1. The summed E-state index contributed by atoms with van der Waals surface area (Å²) >= 11 is 6.74. The molecule has 1 nitrogen and oxygen atoms in total. The second-order valence-corrected chi connectivity index (χ2v) is 5.73. The number of benzene rings is 2. The van der Waals surface area contributed by atoms with Gasteiger partial charge in [-0.1, -0.05) is 22.0 Å². The van der Waals surface area contributed by atoms with Crippen molar-refractivity contribution in [1.29, 1.82) is 0 Å². The SMILES string of the molecule is Cc1ccc(OCc2cc(Br)ccc2F)c(Br)c1. The molecular formula is C14H11Br2FO. The van der Waals surface area contributed by atoms with E-state index in [9.17, 15) is 4.39 Å². The monoisotopic (exact) mass is 372 g/mol. The molecule has 2 aromatic carbocycles. The molecule has 0 fully saturated rings. The van der Waals surface area contributed by atoms with Crippen molar-refractivity contribution in [3.8, 4) is 5.75 Å². The second-order valence-electron chi connectivity index (χ2n) is 3.96. The molecular weight excluding hydrogens is 363 g/mol. The largest absolute Gasteiger partial charge is 0.488 e. The Labute approximate surface area is 122 Å². The molecule has 0 unspecified atom stereocenters. The number of rotatable bonds is 3. The Bertz CT molecular complexity index is 570. The van der Waals surface area contributed by atoms with Crippen LogP contribution in [0.1, 0.15) is 11.1 Å². The molecule has 0 aliphatic rings. The molecule has 18 heavy (non-hydrogen) atoms. The van der Waals surface area contributed by atoms with E-state index in [4.69, 9.17) is 4.74 Å². The molecule has 2 rings (SSSR count). The smallest absolute Gasteiger partial charge is 0.134 e. The van der Waals surface area contributed by atoms with Crippen molar-refractivity contribution in [3.05, 3.63) is 62.3 Å². The summed E-state index contributed by atoms with van der Waals surface area (Å²) in [6.45, 7) is 2.20. The van der Waals surface area contributed by atoms with Gasteiger partial charge in [-0.3, -0.25) is 0 Å². The third-order valence-electron chi connectivity index (χ3n) is 2.48. The maximum absolute atomic E-state index is 13.5. The van der Waals surface area contributed by atoms with Crippen LogP contribution in [0, 0.1) is 12.7 Å². The van der Waals surface area contributed by atoms with E-state index in [0.717, 1.165) is 14.5 Å². The van der Waals surface area contributed by atoms with Gasteiger partial charge in [-0.05, 0) is 58.7 Å². The topological polar surface area (TPSA) is 9.23 Å². The number of halogens is 3. The van der Waals surface area contributed by atoms with Crippen LogP contribution in [0.2, 0.25) is 0 Å². The van der Waals surface area contributed by atoms with Crippen molar-refractivity contribution >= 4 is 31.9 Å². The fourth-order valence-corrected chi connectivity index (χ4v) is 2.55. The fourth-order valence-electron chi connectivity index (χ4n) is 1.53. The van der Waals surface area contributed by atoms with E-state index in [1.807, 2.05) is 25.1 Å². The summed E-state index contributed by atoms with van der Waals surface area (Å²) in [5.74, 6) is 0.446. The summed E-state index contributed by atoms with van der Waals surface area (Å²) in [5.41, 5.74) is 1.67. The summed E-state index contributed by atoms with van der Waals surface area (Å²) in [4.78, 5) is 0. The number of ether oxygens (including phenoxy) is 1. The molecule has 0 saturated heterocycles. The number of hydrogen-bond acceptors (Lipinski definition) is 1. The fraction of sp³-hybridized carbons (Fsp3) is 0.143. The lowest BCUT2D eigenvalue weighted by Crippen LogP contribution is -1.99. The minimum atomic E-state index is -0.263. The van der Waals surface area contributed by atoms with Gasteiger partial charge in [0.05, 0.1) is 4.47 Å². The van der Waals surface area contributed by atoms with Crippen molar-refractivity contribution in [2.75, 3.05) is 0 Å². The Hall–Kier alpha value is -0.870. The molecule has 0 amide bonds. The average Bonchev–Trinajstić information content (AvgIpc) is 2.32. The van der Waals surface area contributed by atoms with Crippen LogP contribution in [0.3, 0.4) is 0 Å². The van der Waals surface area contributed by atoms with E-state index in [-0.39, 0.29) is 12.4 Å². The molecule has 0 spiro atoms. The Morgan fingerprint density at radius 2 is 1.89 bits per heavy atom. The maximum Gasteiger partial charge on any atom is 0.134 e. The van der Waals surface area contributed by atoms with Crippen LogP contribution in [-0.4, -0.2) is 0 Å². The number of hydrogen-bond donors (Lipinski definition) is 0. The predicted molar refractivity (Wildman–Crippen MR) is 77.3 cm³/mol. The first kappa shape index (κ1) is 13.6. The highest BCUT2D eigenvalue weighted by Crippen LogP contribution is 2.27. The van der Waals surface area contributed by atoms with Gasteiger partial charge in [-0.2, -0.15) is 0 Å². The van der Waals surface area contributed by atoms with E-state index in [0.29, 0.717) is 11.3 Å². The Balaban J connectivity index is 2.13. The van der Waals surface area contributed by atoms with Crippen molar-refractivity contribution in [2.24, 2.45) is 0 Å². The third-order valence-corrected chi connectivity index (χ3v) is 3.59. The van der Waals surface area contributed by atoms with Crippen LogP contribution in [0.5, 0.6) is 5.75 Å². The molecule has 0 heterocycles. The first-order valence-corrected chi connectivity index (χ1v) is 6.98. The predicted octanol–water partition coefficient (Wildman–Crippen LogP) is 5.24. The van der Waals surface area contributed by atoms with E-state index in [2.05, 4.69) is 31.9 Å². The van der Waals surface area contributed by atoms with Gasteiger partial charge in [0.2, 0.25) is 0 Å². The molecule has 0 N–H and O–H groups in total. The Morgan fingerprint density at radius 3 is 2.61 bits per heavy atom. The molecule has 0 aliphatic heterocycles. The van der Waals surface area contributed by atoms with Gasteiger partial charge < -0.3 is 4.74 Å². The molecule has 0 aromatic heterocycles. The molecule has 0 atom stereocenters. The van der Waals surface area contributed by atoms with Gasteiger partial charge in [0.25, 0.3) is 0 Å². The lowest BCUT2D eigenvalue weighted by molar-refractivity contribution is 0.298. The van der Waals surface area contributed by atoms with Gasteiger partial charge in [-0.15, -0.1) is 0 Å². The molecule has 0 bridgehead atoms. The van der Waals surface area contributed by atoms with E-state index in [1.165, 1.54) is 6.07 Å². The summed E-state index contributed by atoms with van der Waals surface area (Å²) < 4.78 is 20.8. The maximum atomic E-state index is 13.5. The lowest BCUT2D eigenvalue weighted by Gasteiger charge is -2.09. The Kier molecular flexibility index (Phi) is 4.40. The molecule has 0 saturated carbocycles. The lowest BCUT2D eigenvalue weighted by atomic mass is 10.2. The van der Waals surface area contributed by atoms with E-state index in [1.54, 1.807) is 12.1 Å². The molecule has 4 heteroatoms. The minimum Gasteiger partial charge on any atom is -0.488 e. The minimum absolute atomic E-state index is 0.201. The quantitative estimate of drug-likeness (QED) is 0.714. The van der Waals surface area contributed by atoms with Crippen molar-refractivity contribution in [1.82, 2.24) is 0 Å². The molecule has 94 valence electrons. The highest BCUT2D eigenvalue weighted by Gasteiger charge is 2.06. The van der Waals surface area contributed by atoms with Crippen LogP contribution in [-0.2, 0) is 6.61 Å². The summed E-state index contributed by atoms with van der Waals surface area (Å²) in [5, 5.41) is 0. The zero-order valence-corrected chi connectivity index (χ0v) is 12.9. The van der Waals surface area contributed by atoms with Crippen LogP contribution in [0.25, 0.3) is 0 Å². The van der Waals surface area contributed by atoms with Crippen LogP contribution >= 0.6 is 31.9 Å². The first-order valence-electron chi connectivity index (χ1n) is 5.39. The zero-order valence-electron chi connectivity index (χ0n) is 9.71. The standard InChI is InChI=1S/C14H11Br2FO/c1-9-2-5-14(12(16)6-9)18-8-10-7-11(15)3-4-13(10)17/h2-7H,8H2,1H3. The summed E-state index contributed by atoms with van der Waals surface area (Å²) in [6.07, 6.45) is 0. The highest BCUT2D eigenvalue weighted by atomic mass is 79.9. The summed E-state index contributed by atoms with van der Waals surface area (Å²) in [6, 6.07) is 10.6. The van der Waals surface area contributed by atoms with Gasteiger partial charge >= 0.3 is 0 Å². The van der Waals surface area contributed by atoms with E-state index < -0.39 is 0 Å². The molecule has 0 radical (unpaired) electrons. The third kappa shape index (κ3) is 3.33. The van der Waals surface area contributed by atoms with Gasteiger partial charge in [0.1, 0.15) is 18.2 Å². The Morgan fingerprint density at radius 1 is 1.11 bits per heavy atom. The van der Waals surface area contributed by atoms with Gasteiger partial charge in [-0.25, -0.2) is 4.39 Å². The highest BCUT2D eigenvalue weighted by molar-refractivity contribution is 9.10. The van der Waals surface area contributed by atoms with Crippen molar-refractivity contribution < 1.29 is 9.13 Å².